The van der Waals surface area contributed by atoms with Gasteiger partial charge in [0.1, 0.15) is 0 Å². The number of nitrogens with two attached hydrogens (primary N) is 1. The molecule has 0 amide bonds. The topological polar surface area (TPSA) is 35.2 Å². The second-order valence-electron chi connectivity index (χ2n) is 3.52. The number of methoxy groups -OCH3 is 1. The zero-order valence-corrected chi connectivity index (χ0v) is 7.97. The van der Waals surface area contributed by atoms with Gasteiger partial charge in [0.2, 0.25) is 0 Å². The van der Waals surface area contributed by atoms with E-state index in [0.717, 1.165) is 25.9 Å². The van der Waals surface area contributed by atoms with Crippen molar-refractivity contribution in [2.45, 2.75) is 39.2 Å². The molecule has 68 valence electrons. The van der Waals surface area contributed by atoms with E-state index < -0.39 is 0 Å². The molecule has 0 aliphatic heterocycles. The normalized spacial score (nSPS) is 13.9. The Morgan fingerprint density at radius 3 is 2.45 bits per heavy atom. The minimum Gasteiger partial charge on any atom is -0.385 e. The molecule has 0 radical (unpaired) electrons. The van der Waals surface area contributed by atoms with Crippen molar-refractivity contribution >= 4 is 0 Å². The fraction of sp³-hybridized carbons (Fsp3) is 1.00. The maximum absolute atomic E-state index is 5.86. The van der Waals surface area contributed by atoms with Crippen LogP contribution in [0.2, 0.25) is 0 Å². The van der Waals surface area contributed by atoms with E-state index in [-0.39, 0.29) is 0 Å². The van der Waals surface area contributed by atoms with E-state index in [4.69, 9.17) is 10.5 Å². The van der Waals surface area contributed by atoms with Gasteiger partial charge in [0.25, 0.3) is 0 Å². The first kappa shape index (κ1) is 10.9. The third-order valence-electron chi connectivity index (χ3n) is 1.70. The van der Waals surface area contributed by atoms with Gasteiger partial charge in [-0.25, -0.2) is 0 Å². The predicted molar refractivity (Wildman–Crippen MR) is 48.5 cm³/mol. The third kappa shape index (κ3) is 7.82. The second kappa shape index (κ2) is 6.62. The molecule has 1 atom stereocenters. The molecule has 0 bridgehead atoms. The van der Waals surface area contributed by atoms with Crippen LogP contribution in [0.1, 0.15) is 33.1 Å². The van der Waals surface area contributed by atoms with E-state index in [0.29, 0.717) is 12.0 Å². The van der Waals surface area contributed by atoms with Crippen LogP contribution in [0.4, 0.5) is 0 Å². The highest BCUT2D eigenvalue weighted by Gasteiger charge is 2.04. The Morgan fingerprint density at radius 1 is 1.36 bits per heavy atom. The predicted octanol–water partition coefficient (Wildman–Crippen LogP) is 1.79. The number of ether oxygens (including phenoxy) is 1. The smallest absolute Gasteiger partial charge is 0.0462 e. The summed E-state index contributed by atoms with van der Waals surface area (Å²) in [5, 5.41) is 0. The van der Waals surface area contributed by atoms with Gasteiger partial charge in [0.05, 0.1) is 0 Å². The summed E-state index contributed by atoms with van der Waals surface area (Å²) in [6.45, 7) is 5.25. The molecule has 1 unspecified atom stereocenters. The lowest BCUT2D eigenvalue weighted by Crippen LogP contribution is -2.22. The third-order valence-corrected chi connectivity index (χ3v) is 1.70. The average Bonchev–Trinajstić information content (AvgIpc) is 1.86. The molecule has 0 aliphatic carbocycles. The second-order valence-corrected chi connectivity index (χ2v) is 3.52. The van der Waals surface area contributed by atoms with Crippen LogP contribution < -0.4 is 5.73 Å². The summed E-state index contributed by atoms with van der Waals surface area (Å²) in [4.78, 5) is 0. The average molecular weight is 159 g/mol. The fourth-order valence-corrected chi connectivity index (χ4v) is 1.21. The number of hydrogen-bond donors (Lipinski definition) is 1. The number of rotatable bonds is 6. The van der Waals surface area contributed by atoms with E-state index in [9.17, 15) is 0 Å². The van der Waals surface area contributed by atoms with Crippen molar-refractivity contribution in [2.75, 3.05) is 13.7 Å². The van der Waals surface area contributed by atoms with Gasteiger partial charge in [-0.3, -0.25) is 0 Å². The van der Waals surface area contributed by atoms with Gasteiger partial charge in [0, 0.05) is 19.8 Å². The van der Waals surface area contributed by atoms with Crippen LogP contribution in [0, 0.1) is 5.92 Å². The molecule has 0 saturated heterocycles. The first-order valence-corrected chi connectivity index (χ1v) is 4.41. The van der Waals surface area contributed by atoms with Crippen molar-refractivity contribution in [1.29, 1.82) is 0 Å². The highest BCUT2D eigenvalue weighted by molar-refractivity contribution is 4.62. The molecule has 2 N–H and O–H groups in total. The van der Waals surface area contributed by atoms with Gasteiger partial charge in [0.15, 0.2) is 0 Å². The summed E-state index contributed by atoms with van der Waals surface area (Å²) >= 11 is 0. The molecule has 0 saturated carbocycles. The van der Waals surface area contributed by atoms with Crippen LogP contribution in [0.5, 0.6) is 0 Å². The van der Waals surface area contributed by atoms with E-state index in [1.807, 2.05) is 0 Å². The summed E-state index contributed by atoms with van der Waals surface area (Å²) in [5.41, 5.74) is 5.86. The van der Waals surface area contributed by atoms with Crippen LogP contribution in [-0.2, 0) is 4.74 Å². The zero-order valence-electron chi connectivity index (χ0n) is 7.97. The quantitative estimate of drug-likeness (QED) is 0.600. The Balaban J connectivity index is 3.15. The first-order chi connectivity index (χ1) is 5.16. The molecule has 0 heterocycles. The summed E-state index contributed by atoms with van der Waals surface area (Å²) in [5.74, 6) is 0.715. The Kier molecular flexibility index (Phi) is 6.57. The summed E-state index contributed by atoms with van der Waals surface area (Å²) in [6.07, 6.45) is 3.31. The van der Waals surface area contributed by atoms with E-state index in [2.05, 4.69) is 13.8 Å². The largest absolute Gasteiger partial charge is 0.385 e. The number of hydrogen-bond acceptors (Lipinski definition) is 2. The summed E-state index contributed by atoms with van der Waals surface area (Å²) in [7, 11) is 1.73. The fourth-order valence-electron chi connectivity index (χ4n) is 1.21. The standard InChI is InChI=1S/C9H21NO/c1-8(2)7-9(10)5-4-6-11-3/h8-9H,4-7,10H2,1-3H3. The van der Waals surface area contributed by atoms with Crippen molar-refractivity contribution in [3.8, 4) is 0 Å². The van der Waals surface area contributed by atoms with Gasteiger partial charge in [-0.05, 0) is 25.2 Å². The van der Waals surface area contributed by atoms with Gasteiger partial charge in [-0.1, -0.05) is 13.8 Å². The highest BCUT2D eigenvalue weighted by Crippen LogP contribution is 2.07. The van der Waals surface area contributed by atoms with E-state index >= 15 is 0 Å². The minimum atomic E-state index is 0.366. The molecule has 0 rings (SSSR count). The van der Waals surface area contributed by atoms with E-state index in [1.165, 1.54) is 0 Å². The van der Waals surface area contributed by atoms with Gasteiger partial charge >= 0.3 is 0 Å². The van der Waals surface area contributed by atoms with Crippen molar-refractivity contribution in [3.05, 3.63) is 0 Å². The van der Waals surface area contributed by atoms with Gasteiger partial charge in [-0.2, -0.15) is 0 Å². The maximum atomic E-state index is 5.86. The highest BCUT2D eigenvalue weighted by atomic mass is 16.5. The Morgan fingerprint density at radius 2 is 2.00 bits per heavy atom. The Labute approximate surface area is 70.1 Å². The molecular weight excluding hydrogens is 138 g/mol. The molecule has 11 heavy (non-hydrogen) atoms. The Bertz CT molecular complexity index is 83.6. The van der Waals surface area contributed by atoms with Crippen LogP contribution >= 0.6 is 0 Å². The van der Waals surface area contributed by atoms with Crippen molar-refractivity contribution in [2.24, 2.45) is 11.7 Å². The maximum Gasteiger partial charge on any atom is 0.0462 e. The SMILES string of the molecule is COCCCC(N)CC(C)C. The molecular formula is C9H21NO. The van der Waals surface area contributed by atoms with Gasteiger partial charge < -0.3 is 10.5 Å². The van der Waals surface area contributed by atoms with Crippen molar-refractivity contribution < 1.29 is 4.74 Å². The van der Waals surface area contributed by atoms with Crippen LogP contribution in [0.15, 0.2) is 0 Å². The zero-order chi connectivity index (χ0) is 8.69. The van der Waals surface area contributed by atoms with Crippen LogP contribution in [0.3, 0.4) is 0 Å². The van der Waals surface area contributed by atoms with Crippen molar-refractivity contribution in [1.82, 2.24) is 0 Å². The molecule has 0 fully saturated rings. The lowest BCUT2D eigenvalue weighted by Gasteiger charge is -2.12. The van der Waals surface area contributed by atoms with Crippen molar-refractivity contribution in [3.63, 3.8) is 0 Å². The lowest BCUT2D eigenvalue weighted by molar-refractivity contribution is 0.189. The first-order valence-electron chi connectivity index (χ1n) is 4.41. The summed E-state index contributed by atoms with van der Waals surface area (Å²) < 4.78 is 4.94. The summed E-state index contributed by atoms with van der Waals surface area (Å²) in [6, 6.07) is 0.366. The molecule has 0 spiro atoms. The molecule has 2 nitrogen and oxygen atoms in total. The van der Waals surface area contributed by atoms with Crippen LogP contribution in [0.25, 0.3) is 0 Å². The monoisotopic (exact) mass is 159 g/mol. The lowest BCUT2D eigenvalue weighted by atomic mass is 10.0. The molecule has 0 aromatic carbocycles. The molecule has 2 heteroatoms. The minimum absolute atomic E-state index is 0.366. The van der Waals surface area contributed by atoms with Crippen LogP contribution in [-0.4, -0.2) is 19.8 Å². The Hall–Kier alpha value is -0.0800. The molecule has 0 aromatic rings. The molecule has 0 aliphatic rings. The van der Waals surface area contributed by atoms with E-state index in [1.54, 1.807) is 7.11 Å². The van der Waals surface area contributed by atoms with Gasteiger partial charge in [-0.15, -0.1) is 0 Å². The molecule has 0 aromatic heterocycles.